The number of hydrogen-bond acceptors (Lipinski definition) is 9. The lowest BCUT2D eigenvalue weighted by molar-refractivity contribution is -0.137. The lowest BCUT2D eigenvalue weighted by atomic mass is 9.93. The van der Waals surface area contributed by atoms with E-state index in [1.54, 1.807) is 0 Å². The summed E-state index contributed by atoms with van der Waals surface area (Å²) in [4.78, 5) is 25.6. The van der Waals surface area contributed by atoms with Crippen LogP contribution in [0.3, 0.4) is 0 Å². The van der Waals surface area contributed by atoms with Crippen molar-refractivity contribution in [3.63, 3.8) is 0 Å². The molecule has 3 fully saturated rings. The third-order valence-corrected chi connectivity index (χ3v) is 9.26. The molecule has 2 aromatic heterocycles. The molecule has 1 aromatic carbocycles. The van der Waals surface area contributed by atoms with Crippen LogP contribution in [0.1, 0.15) is 43.4 Å². The second kappa shape index (κ2) is 10.2. The zero-order chi connectivity index (χ0) is 29.2. The van der Waals surface area contributed by atoms with Crippen LogP contribution in [0, 0.1) is 0 Å². The highest BCUT2D eigenvalue weighted by molar-refractivity contribution is 6.31. The number of halogens is 4. The fourth-order valence-electron chi connectivity index (χ4n) is 6.97. The number of aromatic hydroxyl groups is 1. The van der Waals surface area contributed by atoms with Gasteiger partial charge in [-0.15, -0.1) is 0 Å². The average Bonchev–Trinajstić information content (AvgIpc) is 3.35. The molecule has 10 nitrogen and oxygen atoms in total. The van der Waals surface area contributed by atoms with Gasteiger partial charge in [0.15, 0.2) is 0 Å². The molecule has 0 radical (unpaired) electrons. The molecule has 3 aromatic rings. The number of fused-ring (bicyclic) bond motifs is 6. The van der Waals surface area contributed by atoms with Crippen molar-refractivity contribution >= 4 is 28.1 Å². The number of rotatable bonds is 5. The largest absolute Gasteiger partial charge is 0.508 e. The van der Waals surface area contributed by atoms with Crippen molar-refractivity contribution in [2.24, 2.45) is 0 Å². The van der Waals surface area contributed by atoms with Crippen molar-refractivity contribution in [3.05, 3.63) is 50.5 Å². The molecule has 222 valence electrons. The van der Waals surface area contributed by atoms with E-state index in [4.69, 9.17) is 21.3 Å². The molecule has 5 aliphatic heterocycles. The number of aromatic nitrogens is 4. The molecule has 5 aliphatic rings. The van der Waals surface area contributed by atoms with Crippen molar-refractivity contribution in [3.8, 4) is 17.4 Å². The van der Waals surface area contributed by atoms with Gasteiger partial charge >= 0.3 is 12.2 Å². The molecule has 3 saturated heterocycles. The minimum atomic E-state index is -4.92. The summed E-state index contributed by atoms with van der Waals surface area (Å²) in [5.74, 6) is -0.539. The van der Waals surface area contributed by atoms with Gasteiger partial charge in [0.2, 0.25) is 0 Å². The van der Waals surface area contributed by atoms with Crippen molar-refractivity contribution in [2.75, 3.05) is 39.3 Å². The van der Waals surface area contributed by atoms with E-state index in [1.807, 2.05) is 0 Å². The minimum Gasteiger partial charge on any atom is -0.508 e. The Morgan fingerprint density at radius 3 is 2.71 bits per heavy atom. The topological polar surface area (TPSA) is 117 Å². The lowest BCUT2D eigenvalue weighted by Crippen LogP contribution is -2.43. The average molecular weight is 604 g/mol. The van der Waals surface area contributed by atoms with Crippen LogP contribution in [0.5, 0.6) is 11.8 Å². The summed E-state index contributed by atoms with van der Waals surface area (Å²) in [6.07, 6.45) is 1.18. The van der Waals surface area contributed by atoms with Crippen LogP contribution in [0.15, 0.2) is 28.7 Å². The van der Waals surface area contributed by atoms with Crippen LogP contribution in [-0.2, 0) is 6.18 Å². The smallest absolute Gasteiger partial charge is 0.419 e. The second-order valence-corrected chi connectivity index (χ2v) is 11.9. The Hall–Kier alpha value is -3.26. The van der Waals surface area contributed by atoms with Gasteiger partial charge in [-0.2, -0.15) is 32.9 Å². The highest BCUT2D eigenvalue weighted by Gasteiger charge is 2.45. The number of alkyl halides is 3. The highest BCUT2D eigenvalue weighted by atomic mass is 35.5. The van der Waals surface area contributed by atoms with Gasteiger partial charge in [-0.05, 0) is 62.4 Å². The Balaban J connectivity index is 1.40. The maximum atomic E-state index is 14.0. The molecule has 3 N–H and O–H groups in total. The van der Waals surface area contributed by atoms with Gasteiger partial charge in [0.05, 0.1) is 33.5 Å². The second-order valence-electron chi connectivity index (χ2n) is 11.5. The molecule has 2 bridgehead atoms. The Morgan fingerprint density at radius 1 is 1.17 bits per heavy atom. The van der Waals surface area contributed by atoms with Crippen molar-refractivity contribution in [2.45, 2.75) is 49.9 Å². The molecule has 8 rings (SSSR count). The molecular formula is C28H29ClF3N7O3. The summed E-state index contributed by atoms with van der Waals surface area (Å²) >= 11 is 5.90. The van der Waals surface area contributed by atoms with Crippen LogP contribution in [-0.4, -0.2) is 80.7 Å². The predicted octanol–water partition coefficient (Wildman–Crippen LogP) is 3.28. The van der Waals surface area contributed by atoms with E-state index < -0.39 is 33.8 Å². The molecule has 14 heteroatoms. The van der Waals surface area contributed by atoms with Crippen molar-refractivity contribution in [1.29, 1.82) is 0 Å². The fraction of sp³-hybridized carbons (Fsp3) is 0.500. The molecular weight excluding hydrogens is 575 g/mol. The summed E-state index contributed by atoms with van der Waals surface area (Å²) in [6.45, 7) is 4.43. The number of ether oxygens (including phenoxy) is 1. The minimum absolute atomic E-state index is 0.000370. The number of phenolic OH excluding ortho intramolecular Hbond substituents is 1. The molecule has 0 saturated carbocycles. The highest BCUT2D eigenvalue weighted by Crippen LogP contribution is 2.41. The van der Waals surface area contributed by atoms with Gasteiger partial charge in [-0.1, -0.05) is 11.6 Å². The van der Waals surface area contributed by atoms with Gasteiger partial charge in [0.25, 0.3) is 5.56 Å². The molecule has 0 aliphatic carbocycles. The molecule has 42 heavy (non-hydrogen) atoms. The number of nitrogens with one attached hydrogen (secondary N) is 2. The summed E-state index contributed by atoms with van der Waals surface area (Å²) < 4.78 is 48.9. The number of phenols is 1. The van der Waals surface area contributed by atoms with Crippen LogP contribution in [0.2, 0.25) is 5.02 Å². The van der Waals surface area contributed by atoms with Gasteiger partial charge in [-0.25, -0.2) is 0 Å². The van der Waals surface area contributed by atoms with E-state index in [9.17, 15) is 23.1 Å². The zero-order valence-electron chi connectivity index (χ0n) is 22.6. The van der Waals surface area contributed by atoms with E-state index in [-0.39, 0.29) is 23.1 Å². The van der Waals surface area contributed by atoms with Crippen LogP contribution in [0.25, 0.3) is 22.2 Å². The zero-order valence-corrected chi connectivity index (χ0v) is 23.4. The third-order valence-electron chi connectivity index (χ3n) is 8.97. The first-order chi connectivity index (χ1) is 20.1. The van der Waals surface area contributed by atoms with E-state index >= 15 is 0 Å². The Morgan fingerprint density at radius 2 is 1.95 bits per heavy atom. The van der Waals surface area contributed by atoms with Gasteiger partial charge in [0.1, 0.15) is 23.4 Å². The third kappa shape index (κ3) is 4.62. The molecule has 0 spiro atoms. The first kappa shape index (κ1) is 27.6. The molecule has 1 atom stereocenters. The Bertz CT molecular complexity index is 1660. The molecule has 0 amide bonds. The summed E-state index contributed by atoms with van der Waals surface area (Å²) in [6, 6.07) is 1.74. The monoisotopic (exact) mass is 603 g/mol. The van der Waals surface area contributed by atoms with E-state index in [1.165, 1.54) is 6.20 Å². The van der Waals surface area contributed by atoms with E-state index in [2.05, 4.69) is 25.6 Å². The first-order valence-corrected chi connectivity index (χ1v) is 14.4. The first-order valence-electron chi connectivity index (χ1n) is 14.1. The standard InChI is InChI=1S/C28H29ClF3N7O3/c29-20-8-17(40)9-21(22(20)28(30,31)32)39-25(41)24-19(13-35-39)23(18-7-16-12-33-10-15(18)11-34-16)36-26(37-24)42-14-27-3-1-5-38(27)6-2-4-27/h8-9,13,16,33-34,40H,1-7,10-12,14H2. The lowest BCUT2D eigenvalue weighted by Gasteiger charge is -2.31. The van der Waals surface area contributed by atoms with Gasteiger partial charge in [0, 0.05) is 31.7 Å². The maximum absolute atomic E-state index is 14.0. The van der Waals surface area contributed by atoms with E-state index in [0.29, 0.717) is 41.9 Å². The normalized spacial score (nSPS) is 22.1. The van der Waals surface area contributed by atoms with Gasteiger partial charge < -0.3 is 20.5 Å². The summed E-state index contributed by atoms with van der Waals surface area (Å²) in [5, 5.41) is 20.6. The number of hydrogen-bond donors (Lipinski definition) is 3. The maximum Gasteiger partial charge on any atom is 0.419 e. The van der Waals surface area contributed by atoms with Crippen LogP contribution >= 0.6 is 11.6 Å². The Kier molecular flexibility index (Phi) is 6.68. The van der Waals surface area contributed by atoms with Crippen molar-refractivity contribution in [1.82, 2.24) is 35.3 Å². The van der Waals surface area contributed by atoms with Gasteiger partial charge in [-0.3, -0.25) is 9.69 Å². The van der Waals surface area contributed by atoms with Crippen LogP contribution < -0.4 is 20.9 Å². The summed E-state index contributed by atoms with van der Waals surface area (Å²) in [5.41, 5.74) is -0.604. The molecule has 7 heterocycles. The van der Waals surface area contributed by atoms with Crippen molar-refractivity contribution < 1.29 is 23.0 Å². The summed E-state index contributed by atoms with van der Waals surface area (Å²) in [7, 11) is 0. The number of nitrogens with zero attached hydrogens (tertiary/aromatic N) is 5. The fourth-order valence-corrected chi connectivity index (χ4v) is 7.28. The van der Waals surface area contributed by atoms with Crippen LogP contribution in [0.4, 0.5) is 13.2 Å². The Labute approximate surface area is 243 Å². The predicted molar refractivity (Wildman–Crippen MR) is 149 cm³/mol. The SMILES string of the molecule is O=c1c2nc(OCC34CCCN3CCC4)nc(C3=C4CNCC(C3)NC4)c2cnn1-c1cc(O)cc(Cl)c1C(F)(F)F. The van der Waals surface area contributed by atoms with E-state index in [0.717, 1.165) is 68.6 Å². The number of benzene rings is 1. The quantitative estimate of drug-likeness (QED) is 0.404. The molecule has 1 unspecified atom stereocenters.